The molecule has 2 aliphatic rings. The van der Waals surface area contributed by atoms with Crippen LogP contribution in [0.25, 0.3) is 0 Å². The van der Waals surface area contributed by atoms with E-state index in [1.807, 2.05) is 11.3 Å². The molecule has 2 aliphatic heterocycles. The summed E-state index contributed by atoms with van der Waals surface area (Å²) in [5.41, 5.74) is 1.27. The minimum absolute atomic E-state index is 0.573. The highest BCUT2D eigenvalue weighted by atomic mass is 32.1. The third kappa shape index (κ3) is 2.46. The molecule has 2 saturated heterocycles. The van der Waals surface area contributed by atoms with Gasteiger partial charge in [0.25, 0.3) is 0 Å². The van der Waals surface area contributed by atoms with Crippen molar-refractivity contribution in [3.8, 4) is 0 Å². The number of rotatable bonds is 2. The molecular formula is C14H23N3S. The van der Waals surface area contributed by atoms with E-state index in [2.05, 4.69) is 24.2 Å². The van der Waals surface area contributed by atoms with E-state index in [1.54, 1.807) is 0 Å². The molecule has 3 heterocycles. The third-order valence-electron chi connectivity index (χ3n) is 4.22. The number of piperidine rings is 1. The molecule has 3 nitrogen and oxygen atoms in total. The fourth-order valence-corrected chi connectivity index (χ4v) is 4.44. The minimum atomic E-state index is 0.573. The summed E-state index contributed by atoms with van der Waals surface area (Å²) in [4.78, 5) is 8.77. The molecule has 2 atom stereocenters. The van der Waals surface area contributed by atoms with Gasteiger partial charge in [-0.3, -0.25) is 0 Å². The van der Waals surface area contributed by atoms with Crippen LogP contribution in [0, 0.1) is 6.92 Å². The molecule has 100 valence electrons. The van der Waals surface area contributed by atoms with Crippen LogP contribution in [0.2, 0.25) is 0 Å². The first-order valence-electron chi connectivity index (χ1n) is 7.13. The maximum Gasteiger partial charge on any atom is 0.0975 e. The Kier molecular flexibility index (Phi) is 3.68. The van der Waals surface area contributed by atoms with Crippen molar-refractivity contribution in [2.24, 2.45) is 0 Å². The number of nitrogens with zero attached hydrogens (tertiary/aromatic N) is 2. The Labute approximate surface area is 114 Å². The standard InChI is InChI=1S/C14H23N3S/c1-10-13(12-5-3-4-7-15-12)18-14(16-10)11-6-8-17(2)9-11/h11-12,15H,3-9H2,1-2H3. The van der Waals surface area contributed by atoms with Crippen LogP contribution in [-0.4, -0.2) is 36.6 Å². The van der Waals surface area contributed by atoms with Crippen molar-refractivity contribution in [1.82, 2.24) is 15.2 Å². The zero-order valence-corrected chi connectivity index (χ0v) is 12.2. The Morgan fingerprint density at radius 3 is 2.89 bits per heavy atom. The zero-order chi connectivity index (χ0) is 12.5. The summed E-state index contributed by atoms with van der Waals surface area (Å²) in [6.45, 7) is 5.76. The number of hydrogen-bond acceptors (Lipinski definition) is 4. The van der Waals surface area contributed by atoms with Crippen molar-refractivity contribution >= 4 is 11.3 Å². The quantitative estimate of drug-likeness (QED) is 0.891. The van der Waals surface area contributed by atoms with Gasteiger partial charge in [-0.05, 0) is 46.3 Å². The lowest BCUT2D eigenvalue weighted by molar-refractivity contribution is 0.411. The van der Waals surface area contributed by atoms with Crippen molar-refractivity contribution < 1.29 is 0 Å². The van der Waals surface area contributed by atoms with Gasteiger partial charge in [-0.15, -0.1) is 11.3 Å². The zero-order valence-electron chi connectivity index (χ0n) is 11.4. The van der Waals surface area contributed by atoms with E-state index in [4.69, 9.17) is 4.98 Å². The van der Waals surface area contributed by atoms with E-state index in [9.17, 15) is 0 Å². The van der Waals surface area contributed by atoms with Crippen LogP contribution < -0.4 is 5.32 Å². The van der Waals surface area contributed by atoms with Crippen LogP contribution >= 0.6 is 11.3 Å². The summed E-state index contributed by atoms with van der Waals surface area (Å²) < 4.78 is 0. The van der Waals surface area contributed by atoms with E-state index < -0.39 is 0 Å². The number of aromatic nitrogens is 1. The molecule has 1 aromatic heterocycles. The topological polar surface area (TPSA) is 28.2 Å². The Morgan fingerprint density at radius 1 is 1.33 bits per heavy atom. The monoisotopic (exact) mass is 265 g/mol. The largest absolute Gasteiger partial charge is 0.309 e. The Balaban J connectivity index is 1.77. The number of nitrogens with one attached hydrogen (secondary N) is 1. The first-order chi connectivity index (χ1) is 8.74. The molecule has 4 heteroatoms. The lowest BCUT2D eigenvalue weighted by Gasteiger charge is -2.22. The Morgan fingerprint density at radius 2 is 2.22 bits per heavy atom. The average Bonchev–Trinajstić information content (AvgIpc) is 2.97. The summed E-state index contributed by atoms with van der Waals surface area (Å²) in [5, 5.41) is 5.02. The number of likely N-dealkylation sites (tertiary alicyclic amines) is 1. The normalized spacial score (nSPS) is 29.9. The highest BCUT2D eigenvalue weighted by Crippen LogP contribution is 2.36. The summed E-state index contributed by atoms with van der Waals surface area (Å²) in [5.74, 6) is 0.677. The van der Waals surface area contributed by atoms with Gasteiger partial charge in [0.1, 0.15) is 0 Å². The average molecular weight is 265 g/mol. The maximum absolute atomic E-state index is 4.85. The summed E-state index contributed by atoms with van der Waals surface area (Å²) in [6, 6.07) is 0.573. The molecule has 0 amide bonds. The molecule has 0 radical (unpaired) electrons. The third-order valence-corrected chi connectivity index (χ3v) is 5.65. The fraction of sp³-hybridized carbons (Fsp3) is 0.786. The summed E-state index contributed by atoms with van der Waals surface area (Å²) in [6.07, 6.45) is 5.25. The minimum Gasteiger partial charge on any atom is -0.309 e. The van der Waals surface area contributed by atoms with Crippen molar-refractivity contribution in [3.63, 3.8) is 0 Å². The van der Waals surface area contributed by atoms with Gasteiger partial charge >= 0.3 is 0 Å². The molecule has 0 saturated carbocycles. The SMILES string of the molecule is Cc1nc(C2CCN(C)C2)sc1C1CCCCN1. The number of hydrogen-bond donors (Lipinski definition) is 1. The van der Waals surface area contributed by atoms with Gasteiger partial charge in [0.05, 0.1) is 10.7 Å². The van der Waals surface area contributed by atoms with E-state index in [0.29, 0.717) is 12.0 Å². The molecule has 18 heavy (non-hydrogen) atoms. The van der Waals surface area contributed by atoms with Crippen molar-refractivity contribution in [1.29, 1.82) is 0 Å². The van der Waals surface area contributed by atoms with Crippen LogP contribution in [0.5, 0.6) is 0 Å². The van der Waals surface area contributed by atoms with E-state index in [-0.39, 0.29) is 0 Å². The van der Waals surface area contributed by atoms with Gasteiger partial charge in [0.15, 0.2) is 0 Å². The molecule has 0 aromatic carbocycles. The highest BCUT2D eigenvalue weighted by molar-refractivity contribution is 7.12. The van der Waals surface area contributed by atoms with Gasteiger partial charge in [-0.1, -0.05) is 6.42 Å². The first-order valence-corrected chi connectivity index (χ1v) is 7.95. The van der Waals surface area contributed by atoms with Crippen LogP contribution in [0.3, 0.4) is 0 Å². The molecule has 1 N–H and O–H groups in total. The lowest BCUT2D eigenvalue weighted by Crippen LogP contribution is -2.26. The fourth-order valence-electron chi connectivity index (χ4n) is 3.14. The first kappa shape index (κ1) is 12.6. The highest BCUT2D eigenvalue weighted by Gasteiger charge is 2.27. The van der Waals surface area contributed by atoms with Gasteiger partial charge < -0.3 is 10.2 Å². The number of likely N-dealkylation sites (N-methyl/N-ethyl adjacent to an activating group) is 1. The second kappa shape index (κ2) is 5.27. The molecular weight excluding hydrogens is 242 g/mol. The second-order valence-electron chi connectivity index (χ2n) is 5.75. The molecule has 0 bridgehead atoms. The van der Waals surface area contributed by atoms with Crippen molar-refractivity contribution in [3.05, 3.63) is 15.6 Å². The predicted octanol–water partition coefficient (Wildman–Crippen LogP) is 2.69. The number of thiazole rings is 1. The van der Waals surface area contributed by atoms with Gasteiger partial charge in [0.2, 0.25) is 0 Å². The van der Waals surface area contributed by atoms with Crippen molar-refractivity contribution in [2.45, 2.75) is 44.6 Å². The van der Waals surface area contributed by atoms with Crippen LogP contribution in [0.1, 0.15) is 53.2 Å². The van der Waals surface area contributed by atoms with E-state index in [1.165, 1.54) is 60.9 Å². The van der Waals surface area contributed by atoms with Crippen LogP contribution in [0.4, 0.5) is 0 Å². The number of aryl methyl sites for hydroxylation is 1. The molecule has 0 spiro atoms. The lowest BCUT2D eigenvalue weighted by atomic mass is 10.0. The maximum atomic E-state index is 4.85. The molecule has 2 unspecified atom stereocenters. The van der Waals surface area contributed by atoms with Gasteiger partial charge in [-0.25, -0.2) is 4.98 Å². The van der Waals surface area contributed by atoms with Gasteiger partial charge in [0, 0.05) is 23.4 Å². The second-order valence-corrected chi connectivity index (χ2v) is 6.81. The predicted molar refractivity (Wildman–Crippen MR) is 76.3 cm³/mol. The van der Waals surface area contributed by atoms with Crippen LogP contribution in [-0.2, 0) is 0 Å². The smallest absolute Gasteiger partial charge is 0.0975 e. The van der Waals surface area contributed by atoms with Gasteiger partial charge in [-0.2, -0.15) is 0 Å². The summed E-state index contributed by atoms with van der Waals surface area (Å²) in [7, 11) is 2.21. The molecule has 3 rings (SSSR count). The molecule has 1 aromatic rings. The Hall–Kier alpha value is -0.450. The van der Waals surface area contributed by atoms with Crippen molar-refractivity contribution in [2.75, 3.05) is 26.7 Å². The summed E-state index contributed by atoms with van der Waals surface area (Å²) >= 11 is 1.97. The van der Waals surface area contributed by atoms with E-state index >= 15 is 0 Å². The molecule has 0 aliphatic carbocycles. The van der Waals surface area contributed by atoms with Crippen LogP contribution in [0.15, 0.2) is 0 Å². The van der Waals surface area contributed by atoms with E-state index in [0.717, 1.165) is 0 Å². The Bertz CT molecular complexity index is 409. The molecule has 2 fully saturated rings.